The third kappa shape index (κ3) is 3.54. The Morgan fingerprint density at radius 1 is 0.882 bits per heavy atom. The summed E-state index contributed by atoms with van der Waals surface area (Å²) in [7, 11) is 0. The van der Waals surface area contributed by atoms with Crippen LogP contribution in [0.15, 0.2) is 70.9 Å². The van der Waals surface area contributed by atoms with Crippen LogP contribution in [0.4, 0.5) is 0 Å². The van der Waals surface area contributed by atoms with Crippen LogP contribution in [0.2, 0.25) is 0 Å². The molecular weight excluding hydrogens is 232 g/mol. The van der Waals surface area contributed by atoms with Crippen LogP contribution in [0.5, 0.6) is 0 Å². The molecule has 0 aromatic heterocycles. The van der Waals surface area contributed by atoms with E-state index in [-0.39, 0.29) is 0 Å². The van der Waals surface area contributed by atoms with Crippen molar-refractivity contribution in [2.75, 3.05) is 0 Å². The summed E-state index contributed by atoms with van der Waals surface area (Å²) in [5.74, 6) is 0. The molecule has 0 heterocycles. The zero-order valence-electron chi connectivity index (χ0n) is 9.12. The third-order valence-electron chi connectivity index (χ3n) is 2.16. The van der Waals surface area contributed by atoms with Crippen LogP contribution < -0.4 is 0 Å². The Labute approximate surface area is 105 Å². The molecular formula is C14H11ClN2. The van der Waals surface area contributed by atoms with E-state index in [1.165, 1.54) is 0 Å². The molecule has 0 saturated carbocycles. The molecule has 2 nitrogen and oxygen atoms in total. The van der Waals surface area contributed by atoms with Crippen LogP contribution in [0.1, 0.15) is 11.1 Å². The fraction of sp³-hybridized carbons (Fsp3) is 0. The van der Waals surface area contributed by atoms with E-state index in [9.17, 15) is 0 Å². The highest BCUT2D eigenvalue weighted by atomic mass is 35.5. The van der Waals surface area contributed by atoms with Crippen molar-refractivity contribution in [1.82, 2.24) is 0 Å². The van der Waals surface area contributed by atoms with Gasteiger partial charge in [-0.25, -0.2) is 0 Å². The van der Waals surface area contributed by atoms with E-state index < -0.39 is 0 Å². The van der Waals surface area contributed by atoms with E-state index >= 15 is 0 Å². The molecule has 0 aliphatic heterocycles. The van der Waals surface area contributed by atoms with Gasteiger partial charge in [-0.1, -0.05) is 72.3 Å². The molecule has 0 bridgehead atoms. The number of nitrogens with zero attached hydrogens (tertiary/aromatic N) is 2. The molecule has 3 heteroatoms. The van der Waals surface area contributed by atoms with E-state index in [0.29, 0.717) is 5.17 Å². The third-order valence-corrected chi connectivity index (χ3v) is 2.46. The topological polar surface area (TPSA) is 24.7 Å². The molecule has 0 amide bonds. The van der Waals surface area contributed by atoms with E-state index in [0.717, 1.165) is 11.1 Å². The monoisotopic (exact) mass is 242 g/mol. The van der Waals surface area contributed by atoms with Crippen LogP contribution in [0.3, 0.4) is 0 Å². The number of hydrogen-bond donors (Lipinski definition) is 0. The lowest BCUT2D eigenvalue weighted by molar-refractivity contribution is 1.26. The molecule has 17 heavy (non-hydrogen) atoms. The summed E-state index contributed by atoms with van der Waals surface area (Å²) >= 11 is 6.01. The second-order valence-corrected chi connectivity index (χ2v) is 3.77. The highest BCUT2D eigenvalue weighted by molar-refractivity contribution is 6.69. The fourth-order valence-corrected chi connectivity index (χ4v) is 1.49. The summed E-state index contributed by atoms with van der Waals surface area (Å²) in [4.78, 5) is 0. The average Bonchev–Trinajstić information content (AvgIpc) is 2.41. The Bertz CT molecular complexity index is 518. The first-order valence-electron chi connectivity index (χ1n) is 5.23. The first kappa shape index (κ1) is 11.6. The van der Waals surface area contributed by atoms with Crippen molar-refractivity contribution >= 4 is 23.0 Å². The van der Waals surface area contributed by atoms with Crippen LogP contribution in [-0.4, -0.2) is 11.4 Å². The maximum atomic E-state index is 6.01. The maximum absolute atomic E-state index is 6.01. The summed E-state index contributed by atoms with van der Waals surface area (Å²) in [6.07, 6.45) is 1.67. The van der Waals surface area contributed by atoms with Gasteiger partial charge in [0.2, 0.25) is 0 Å². The largest absolute Gasteiger partial charge is 0.158 e. The Morgan fingerprint density at radius 2 is 1.47 bits per heavy atom. The number of hydrogen-bond acceptors (Lipinski definition) is 2. The first-order chi connectivity index (χ1) is 8.36. The summed E-state index contributed by atoms with van der Waals surface area (Å²) in [5.41, 5.74) is 1.85. The van der Waals surface area contributed by atoms with Crippen LogP contribution in [-0.2, 0) is 0 Å². The smallest absolute Gasteiger partial charge is 0.157 e. The lowest BCUT2D eigenvalue weighted by Gasteiger charge is -1.94. The van der Waals surface area contributed by atoms with Gasteiger partial charge in [0.15, 0.2) is 5.17 Å². The van der Waals surface area contributed by atoms with Crippen molar-refractivity contribution in [2.24, 2.45) is 10.2 Å². The fourth-order valence-electron chi connectivity index (χ4n) is 1.32. The highest BCUT2D eigenvalue weighted by Gasteiger charge is 1.96. The first-order valence-corrected chi connectivity index (χ1v) is 5.61. The normalized spacial score (nSPS) is 11.9. The number of halogens is 1. The molecule has 0 unspecified atom stereocenters. The van der Waals surface area contributed by atoms with Gasteiger partial charge in [0.05, 0.1) is 6.21 Å². The number of rotatable bonds is 3. The van der Waals surface area contributed by atoms with Crippen molar-refractivity contribution < 1.29 is 0 Å². The summed E-state index contributed by atoms with van der Waals surface area (Å²) < 4.78 is 0. The molecule has 0 saturated heterocycles. The van der Waals surface area contributed by atoms with Gasteiger partial charge in [0.1, 0.15) is 0 Å². The lowest BCUT2D eigenvalue weighted by atomic mass is 10.2. The second-order valence-electron chi connectivity index (χ2n) is 3.41. The van der Waals surface area contributed by atoms with E-state index in [4.69, 9.17) is 11.6 Å². The van der Waals surface area contributed by atoms with Gasteiger partial charge in [-0.3, -0.25) is 0 Å². The molecule has 0 atom stereocenters. The predicted octanol–water partition coefficient (Wildman–Crippen LogP) is 3.71. The van der Waals surface area contributed by atoms with Gasteiger partial charge in [-0.2, -0.15) is 5.10 Å². The molecule has 2 rings (SSSR count). The summed E-state index contributed by atoms with van der Waals surface area (Å²) in [6.45, 7) is 0. The Morgan fingerprint density at radius 3 is 2.12 bits per heavy atom. The molecule has 0 aliphatic carbocycles. The minimum atomic E-state index is 0.387. The minimum Gasteiger partial charge on any atom is -0.157 e. The van der Waals surface area contributed by atoms with Crippen molar-refractivity contribution in [2.45, 2.75) is 0 Å². The maximum Gasteiger partial charge on any atom is 0.158 e. The van der Waals surface area contributed by atoms with E-state index in [2.05, 4.69) is 10.2 Å². The molecule has 0 fully saturated rings. The van der Waals surface area contributed by atoms with E-state index in [1.54, 1.807) is 6.21 Å². The molecule has 2 aromatic carbocycles. The predicted molar refractivity (Wildman–Crippen MR) is 72.9 cm³/mol. The highest BCUT2D eigenvalue weighted by Crippen LogP contribution is 2.05. The zero-order chi connectivity index (χ0) is 11.9. The Hall–Kier alpha value is -1.93. The van der Waals surface area contributed by atoms with Crippen molar-refractivity contribution in [1.29, 1.82) is 0 Å². The minimum absolute atomic E-state index is 0.387. The van der Waals surface area contributed by atoms with Crippen molar-refractivity contribution in [3.63, 3.8) is 0 Å². The van der Waals surface area contributed by atoms with Gasteiger partial charge in [0.25, 0.3) is 0 Å². The van der Waals surface area contributed by atoms with Gasteiger partial charge in [0, 0.05) is 5.56 Å². The summed E-state index contributed by atoms with van der Waals surface area (Å²) in [6, 6.07) is 19.3. The quantitative estimate of drug-likeness (QED) is 0.579. The van der Waals surface area contributed by atoms with Gasteiger partial charge in [-0.15, -0.1) is 5.10 Å². The van der Waals surface area contributed by atoms with Crippen molar-refractivity contribution in [3.8, 4) is 0 Å². The SMILES string of the molecule is ClC(=NN=Cc1ccccc1)c1ccccc1. The van der Waals surface area contributed by atoms with Gasteiger partial charge >= 0.3 is 0 Å². The molecule has 2 aromatic rings. The molecule has 0 radical (unpaired) electrons. The molecule has 0 aliphatic rings. The van der Waals surface area contributed by atoms with Crippen molar-refractivity contribution in [3.05, 3.63) is 71.8 Å². The Balaban J connectivity index is 2.09. The molecule has 0 spiro atoms. The second kappa shape index (κ2) is 5.97. The average molecular weight is 243 g/mol. The van der Waals surface area contributed by atoms with E-state index in [1.807, 2.05) is 60.7 Å². The van der Waals surface area contributed by atoms with Crippen LogP contribution in [0.25, 0.3) is 0 Å². The van der Waals surface area contributed by atoms with Crippen LogP contribution in [0, 0.1) is 0 Å². The van der Waals surface area contributed by atoms with Crippen LogP contribution >= 0.6 is 11.6 Å². The lowest BCUT2D eigenvalue weighted by Crippen LogP contribution is -1.89. The molecule has 0 N–H and O–H groups in total. The molecule has 84 valence electrons. The Kier molecular flexibility index (Phi) is 4.05. The zero-order valence-corrected chi connectivity index (χ0v) is 9.88. The number of benzene rings is 2. The standard InChI is InChI=1S/C14H11ClN2/c15-14(13-9-5-2-6-10-13)17-16-11-12-7-3-1-4-8-12/h1-11H. The van der Waals surface area contributed by atoms with Gasteiger partial charge < -0.3 is 0 Å². The van der Waals surface area contributed by atoms with Gasteiger partial charge in [-0.05, 0) is 5.56 Å². The summed E-state index contributed by atoms with van der Waals surface area (Å²) in [5, 5.41) is 8.28.